The molecule has 10 nitrogen and oxygen atoms in total. The second kappa shape index (κ2) is 14.7. The van der Waals surface area contributed by atoms with E-state index in [1.807, 2.05) is 45.0 Å². The Morgan fingerprint density at radius 2 is 1.27 bits per heavy atom. The zero-order valence-corrected chi connectivity index (χ0v) is 32.5. The summed E-state index contributed by atoms with van der Waals surface area (Å²) in [4.78, 5) is 46.3. The van der Waals surface area contributed by atoms with Gasteiger partial charge >= 0.3 is 18.4 Å². The number of amides is 2. The van der Waals surface area contributed by atoms with Gasteiger partial charge in [0.25, 0.3) is 0 Å². The second-order valence-electron chi connectivity index (χ2n) is 17.0. The van der Waals surface area contributed by atoms with Gasteiger partial charge in [-0.25, -0.2) is 19.6 Å². The molecule has 13 heteroatoms. The molecule has 55 heavy (non-hydrogen) atoms. The molecule has 2 N–H and O–H groups in total. The predicted molar refractivity (Wildman–Crippen MR) is 203 cm³/mol. The van der Waals surface area contributed by atoms with Crippen LogP contribution in [0.1, 0.15) is 121 Å². The highest BCUT2D eigenvalue weighted by atomic mass is 19.4. The van der Waals surface area contributed by atoms with Gasteiger partial charge < -0.3 is 19.4 Å². The Hall–Kier alpha value is -4.81. The van der Waals surface area contributed by atoms with Crippen LogP contribution in [-0.2, 0) is 28.7 Å². The maximum Gasteiger partial charge on any atom is 0.410 e. The Bertz CT molecular complexity index is 2040. The summed E-state index contributed by atoms with van der Waals surface area (Å²) >= 11 is 0. The minimum absolute atomic E-state index is 0.182. The molecule has 0 spiro atoms. The van der Waals surface area contributed by atoms with Gasteiger partial charge in [0.2, 0.25) is 0 Å². The van der Waals surface area contributed by atoms with Crippen LogP contribution in [0.5, 0.6) is 0 Å². The summed E-state index contributed by atoms with van der Waals surface area (Å²) in [5, 5.41) is 0. The fourth-order valence-electron chi connectivity index (χ4n) is 7.92. The van der Waals surface area contributed by atoms with Gasteiger partial charge in [-0.3, -0.25) is 9.80 Å². The molecule has 0 bridgehead atoms. The Morgan fingerprint density at radius 1 is 0.727 bits per heavy atom. The molecule has 2 saturated heterocycles. The molecule has 2 aromatic carbocycles. The molecular weight excluding hydrogens is 709 g/mol. The lowest BCUT2D eigenvalue weighted by molar-refractivity contribution is -0.134. The highest BCUT2D eigenvalue weighted by Crippen LogP contribution is 2.40. The van der Waals surface area contributed by atoms with Crippen molar-refractivity contribution < 1.29 is 32.2 Å². The van der Waals surface area contributed by atoms with E-state index in [0.717, 1.165) is 72.4 Å². The van der Waals surface area contributed by atoms with Crippen LogP contribution in [0.2, 0.25) is 0 Å². The fourth-order valence-corrected chi connectivity index (χ4v) is 7.92. The maximum absolute atomic E-state index is 13.4. The number of aromatic amines is 2. The fraction of sp³-hybridized carbons (Fsp3) is 0.524. The van der Waals surface area contributed by atoms with Crippen LogP contribution < -0.4 is 0 Å². The molecule has 4 aromatic rings. The zero-order valence-electron chi connectivity index (χ0n) is 32.5. The molecule has 294 valence electrons. The molecule has 0 saturated carbocycles. The van der Waals surface area contributed by atoms with E-state index in [1.54, 1.807) is 30.6 Å². The third-order valence-electron chi connectivity index (χ3n) is 10.4. The van der Waals surface area contributed by atoms with E-state index >= 15 is 0 Å². The average molecular weight is 761 g/mol. The number of alkyl halides is 3. The van der Waals surface area contributed by atoms with Crippen molar-refractivity contribution in [2.45, 2.75) is 129 Å². The number of halogens is 3. The first-order chi connectivity index (χ1) is 25.9. The van der Waals surface area contributed by atoms with Gasteiger partial charge in [0.05, 0.1) is 23.5 Å². The van der Waals surface area contributed by atoms with Crippen LogP contribution in [-0.4, -0.2) is 72.4 Å². The lowest BCUT2D eigenvalue weighted by Crippen LogP contribution is -2.36. The summed E-state index contributed by atoms with van der Waals surface area (Å²) in [6.07, 6.45) is -0.607. The number of H-pyrrole nitrogens is 2. The van der Waals surface area contributed by atoms with E-state index < -0.39 is 35.9 Å². The van der Waals surface area contributed by atoms with Gasteiger partial charge in [-0.15, -0.1) is 0 Å². The normalized spacial score (nSPS) is 18.9. The summed E-state index contributed by atoms with van der Waals surface area (Å²) in [5.74, 6) is 1.24. The molecule has 1 aliphatic carbocycles. The number of rotatable bonds is 6. The number of carbonyl (C=O) groups excluding carboxylic acids is 2. The molecule has 0 radical (unpaired) electrons. The number of benzene rings is 2. The monoisotopic (exact) mass is 760 g/mol. The number of carbonyl (C=O) groups is 2. The number of aromatic nitrogens is 4. The molecule has 2 fully saturated rings. The number of ether oxygens (including phenoxy) is 2. The minimum Gasteiger partial charge on any atom is -0.444 e. The van der Waals surface area contributed by atoms with Gasteiger partial charge in [-0.05, 0) is 116 Å². The van der Waals surface area contributed by atoms with Crippen molar-refractivity contribution in [3.63, 3.8) is 0 Å². The molecule has 3 aliphatic rings. The Morgan fingerprint density at radius 3 is 1.85 bits per heavy atom. The van der Waals surface area contributed by atoms with Crippen molar-refractivity contribution in [1.82, 2.24) is 29.7 Å². The van der Waals surface area contributed by atoms with Gasteiger partial charge in [-0.2, -0.15) is 13.2 Å². The standard InChI is InChI=1S/C42H51F3N6O4/c1-40(2,3)54-38(52)50-22-8-12-32(50)36-47-31(20-21-42(43,44)45)34(48-36)27-17-14-25(15-18-27)28-19-16-26-10-7-11-30-35(29(26)24-28)49-37(46-30)33-13-9-23-51(33)39(53)55-41(4,5)6/h14-19,24,32-33H,7-13,20-23H2,1-6H3,(H,46,49)(H,47,48)/t32-,33-/m0/s1. The van der Waals surface area contributed by atoms with E-state index in [1.165, 1.54) is 5.56 Å². The molecular formula is C42H51F3N6O4. The first kappa shape index (κ1) is 38.5. The van der Waals surface area contributed by atoms with Crippen molar-refractivity contribution >= 4 is 12.2 Å². The molecule has 7 rings (SSSR count). The first-order valence-corrected chi connectivity index (χ1v) is 19.4. The smallest absolute Gasteiger partial charge is 0.410 e. The minimum atomic E-state index is -4.34. The van der Waals surface area contributed by atoms with Crippen molar-refractivity contribution in [2.24, 2.45) is 0 Å². The number of nitrogens with zero attached hydrogens (tertiary/aromatic N) is 4. The van der Waals surface area contributed by atoms with E-state index in [-0.39, 0.29) is 18.6 Å². The van der Waals surface area contributed by atoms with Crippen molar-refractivity contribution in [3.05, 3.63) is 71.1 Å². The van der Waals surface area contributed by atoms with Crippen LogP contribution in [0.15, 0.2) is 42.5 Å². The number of fused-ring (bicyclic) bond motifs is 3. The first-order valence-electron chi connectivity index (χ1n) is 19.4. The maximum atomic E-state index is 13.4. The van der Waals surface area contributed by atoms with E-state index in [2.05, 4.69) is 28.2 Å². The van der Waals surface area contributed by atoms with Gasteiger partial charge in [0, 0.05) is 42.0 Å². The van der Waals surface area contributed by atoms with Gasteiger partial charge in [0.1, 0.15) is 22.9 Å². The van der Waals surface area contributed by atoms with Crippen LogP contribution in [0.3, 0.4) is 0 Å². The van der Waals surface area contributed by atoms with Crippen molar-refractivity contribution in [2.75, 3.05) is 13.1 Å². The lowest BCUT2D eigenvalue weighted by Gasteiger charge is -2.27. The molecule has 2 aromatic heterocycles. The lowest BCUT2D eigenvalue weighted by atomic mass is 9.95. The molecule has 0 unspecified atom stereocenters. The quantitative estimate of drug-likeness (QED) is 0.202. The number of hydrogen-bond donors (Lipinski definition) is 2. The van der Waals surface area contributed by atoms with E-state index in [9.17, 15) is 22.8 Å². The third kappa shape index (κ3) is 8.70. The molecule has 4 heterocycles. The Labute approximate surface area is 320 Å². The Kier molecular flexibility index (Phi) is 10.3. The SMILES string of the molecule is CC(C)(C)OC(=O)N1CCC[C@H]1c1nc(-c2ccc(-c3ccc4c(c3)-c3nc([C@@H]5CCCN5C(=O)OC(C)(C)C)[nH]c3CCC4)cc2)c(CCC(F)(F)F)[nH]1. The van der Waals surface area contributed by atoms with Gasteiger partial charge in [0.15, 0.2) is 0 Å². The van der Waals surface area contributed by atoms with E-state index in [0.29, 0.717) is 42.3 Å². The van der Waals surface area contributed by atoms with Crippen molar-refractivity contribution in [3.8, 4) is 33.6 Å². The summed E-state index contributed by atoms with van der Waals surface area (Å²) < 4.78 is 51.7. The summed E-state index contributed by atoms with van der Waals surface area (Å²) in [6.45, 7) is 12.1. The number of likely N-dealkylation sites (tertiary alicyclic amines) is 2. The van der Waals surface area contributed by atoms with Crippen LogP contribution >= 0.6 is 0 Å². The highest BCUT2D eigenvalue weighted by molar-refractivity contribution is 5.77. The second-order valence-corrected chi connectivity index (χ2v) is 17.0. The average Bonchev–Trinajstić information content (AvgIpc) is 3.90. The van der Waals surface area contributed by atoms with Crippen LogP contribution in [0.4, 0.5) is 22.8 Å². The number of nitrogens with one attached hydrogen (secondary N) is 2. The predicted octanol–water partition coefficient (Wildman–Crippen LogP) is 10.3. The summed E-state index contributed by atoms with van der Waals surface area (Å²) in [5.41, 5.74) is 6.40. The van der Waals surface area contributed by atoms with Crippen molar-refractivity contribution in [1.29, 1.82) is 0 Å². The summed E-state index contributed by atoms with van der Waals surface area (Å²) in [6, 6.07) is 13.5. The topological polar surface area (TPSA) is 116 Å². The number of imidazole rings is 2. The van der Waals surface area contributed by atoms with Gasteiger partial charge in [-0.1, -0.05) is 36.4 Å². The van der Waals surface area contributed by atoms with Crippen LogP contribution in [0, 0.1) is 0 Å². The van der Waals surface area contributed by atoms with E-state index in [4.69, 9.17) is 19.4 Å². The largest absolute Gasteiger partial charge is 0.444 e. The third-order valence-corrected chi connectivity index (χ3v) is 10.4. The van der Waals surface area contributed by atoms with Crippen LogP contribution in [0.25, 0.3) is 33.6 Å². The molecule has 2 aliphatic heterocycles. The number of hydrogen-bond acceptors (Lipinski definition) is 6. The summed E-state index contributed by atoms with van der Waals surface area (Å²) in [7, 11) is 0. The zero-order chi connectivity index (χ0) is 39.3. The molecule has 2 amide bonds. The molecule has 2 atom stereocenters. The highest BCUT2D eigenvalue weighted by Gasteiger charge is 2.38. The number of aryl methyl sites for hydroxylation is 3. The Balaban J connectivity index is 1.16.